The maximum absolute atomic E-state index is 12.2. The molecule has 20 heavy (non-hydrogen) atoms. The largest absolute Gasteiger partial charge is 0.477 e. The van der Waals surface area contributed by atoms with Crippen molar-refractivity contribution in [1.82, 2.24) is 0 Å². The van der Waals surface area contributed by atoms with Gasteiger partial charge in [-0.25, -0.2) is 13.2 Å². The lowest BCUT2D eigenvalue weighted by Gasteiger charge is -2.07. The van der Waals surface area contributed by atoms with Crippen molar-refractivity contribution in [3.63, 3.8) is 0 Å². The van der Waals surface area contributed by atoms with Crippen LogP contribution in [-0.4, -0.2) is 19.5 Å². The Bertz CT molecular complexity index is 772. The number of thiophene rings is 1. The molecule has 0 fully saturated rings. The van der Waals surface area contributed by atoms with E-state index in [9.17, 15) is 13.2 Å². The second-order valence-corrected chi connectivity index (χ2v) is 8.94. The van der Waals surface area contributed by atoms with Gasteiger partial charge < -0.3 is 5.11 Å². The summed E-state index contributed by atoms with van der Waals surface area (Å²) in [6, 6.07) is 7.99. The van der Waals surface area contributed by atoms with Gasteiger partial charge in [-0.1, -0.05) is 6.07 Å². The predicted octanol–water partition coefficient (Wildman–Crippen LogP) is 3.61. The van der Waals surface area contributed by atoms with Crippen molar-refractivity contribution in [3.8, 4) is 0 Å². The number of carboxylic acid groups (broad SMARTS) is 1. The first-order chi connectivity index (χ1) is 9.29. The van der Waals surface area contributed by atoms with E-state index in [-0.39, 0.29) is 13.6 Å². The van der Waals surface area contributed by atoms with Crippen LogP contribution in [0.2, 0.25) is 0 Å². The van der Waals surface area contributed by atoms with Crippen LogP contribution in [0.4, 0.5) is 5.69 Å². The molecule has 2 rings (SSSR count). The fourth-order valence-corrected chi connectivity index (χ4v) is 5.40. The molecule has 0 saturated carbocycles. The summed E-state index contributed by atoms with van der Waals surface area (Å²) in [7, 11) is -3.83. The van der Waals surface area contributed by atoms with Crippen LogP contribution in [0.15, 0.2) is 39.0 Å². The van der Waals surface area contributed by atoms with Crippen molar-refractivity contribution in [2.75, 3.05) is 4.72 Å². The Balaban J connectivity index is 2.38. The van der Waals surface area contributed by atoms with Gasteiger partial charge in [-0.05, 0) is 62.8 Å². The number of hydrogen-bond acceptors (Lipinski definition) is 4. The monoisotopic (exact) mass is 487 g/mol. The van der Waals surface area contributed by atoms with Gasteiger partial charge in [0.1, 0.15) is 9.77 Å². The summed E-state index contributed by atoms with van der Waals surface area (Å²) in [5.74, 6) is -1.16. The topological polar surface area (TPSA) is 83.5 Å². The van der Waals surface area contributed by atoms with Crippen LogP contribution in [0.1, 0.15) is 9.67 Å². The maximum atomic E-state index is 12.2. The standard InChI is InChI=1S/C11H7BrINO4S2/c12-10-9(5-8(19-10)11(15)16)20(17,18)14-7-3-1-2-6(13)4-7/h1-5,14H,(H,15,16). The molecule has 2 aromatic rings. The van der Waals surface area contributed by atoms with Crippen molar-refractivity contribution in [2.45, 2.75) is 4.90 Å². The third kappa shape index (κ3) is 3.51. The van der Waals surface area contributed by atoms with Crippen LogP contribution in [0.25, 0.3) is 0 Å². The molecule has 2 N–H and O–H groups in total. The molecule has 0 aliphatic carbocycles. The normalized spacial score (nSPS) is 11.3. The number of halogens is 2. The summed E-state index contributed by atoms with van der Waals surface area (Å²) in [5.41, 5.74) is 0.423. The number of sulfonamides is 1. The highest BCUT2D eigenvalue weighted by Gasteiger charge is 2.23. The lowest BCUT2D eigenvalue weighted by atomic mass is 10.3. The van der Waals surface area contributed by atoms with Gasteiger partial charge in [0.05, 0.1) is 3.79 Å². The van der Waals surface area contributed by atoms with Crippen LogP contribution in [0.3, 0.4) is 0 Å². The molecular formula is C11H7BrINO4S2. The molecule has 1 aromatic carbocycles. The minimum Gasteiger partial charge on any atom is -0.477 e. The molecule has 0 unspecified atom stereocenters. The molecule has 0 atom stereocenters. The molecule has 0 saturated heterocycles. The molecule has 1 heterocycles. The number of carboxylic acids is 1. The quantitative estimate of drug-likeness (QED) is 0.645. The fourth-order valence-electron chi connectivity index (χ4n) is 1.40. The summed E-state index contributed by atoms with van der Waals surface area (Å²) >= 11 is 6.01. The first-order valence-electron chi connectivity index (χ1n) is 5.10. The highest BCUT2D eigenvalue weighted by molar-refractivity contribution is 14.1. The zero-order chi connectivity index (χ0) is 14.9. The average molecular weight is 488 g/mol. The van der Waals surface area contributed by atoms with Gasteiger partial charge in [-0.2, -0.15) is 0 Å². The predicted molar refractivity (Wildman–Crippen MR) is 88.9 cm³/mol. The number of nitrogens with one attached hydrogen (secondary N) is 1. The van der Waals surface area contributed by atoms with E-state index in [1.807, 2.05) is 6.07 Å². The number of benzene rings is 1. The molecule has 0 aliphatic heterocycles. The summed E-state index contributed by atoms with van der Waals surface area (Å²) < 4.78 is 28.0. The van der Waals surface area contributed by atoms with Crippen molar-refractivity contribution >= 4 is 71.5 Å². The van der Waals surface area contributed by atoms with Gasteiger partial charge >= 0.3 is 5.97 Å². The summed E-state index contributed by atoms with van der Waals surface area (Å²) in [4.78, 5) is 10.7. The van der Waals surface area contributed by atoms with Gasteiger partial charge in [0.25, 0.3) is 10.0 Å². The molecule has 0 radical (unpaired) electrons. The molecule has 0 spiro atoms. The Morgan fingerprint density at radius 3 is 2.60 bits per heavy atom. The van der Waals surface area contributed by atoms with Crippen molar-refractivity contribution in [1.29, 1.82) is 0 Å². The van der Waals surface area contributed by atoms with E-state index in [0.717, 1.165) is 21.0 Å². The van der Waals surface area contributed by atoms with Crippen LogP contribution in [-0.2, 0) is 10.0 Å². The molecule has 0 aliphatic rings. The minimum absolute atomic E-state index is 0.0418. The van der Waals surface area contributed by atoms with Gasteiger partial charge in [0, 0.05) is 9.26 Å². The Morgan fingerprint density at radius 1 is 1.35 bits per heavy atom. The van der Waals surface area contributed by atoms with Crippen molar-refractivity contribution in [2.24, 2.45) is 0 Å². The third-order valence-electron chi connectivity index (χ3n) is 2.23. The summed E-state index contributed by atoms with van der Waals surface area (Å²) in [6.07, 6.45) is 0. The lowest BCUT2D eigenvalue weighted by molar-refractivity contribution is 0.0702. The van der Waals surface area contributed by atoms with E-state index >= 15 is 0 Å². The summed E-state index contributed by atoms with van der Waals surface area (Å²) in [5, 5.41) is 8.89. The number of hydrogen-bond donors (Lipinski definition) is 2. The van der Waals surface area contributed by atoms with Crippen molar-refractivity contribution < 1.29 is 18.3 Å². The average Bonchev–Trinajstić information content (AvgIpc) is 2.71. The minimum atomic E-state index is -3.83. The lowest BCUT2D eigenvalue weighted by Crippen LogP contribution is -2.12. The Morgan fingerprint density at radius 2 is 2.05 bits per heavy atom. The molecule has 0 bridgehead atoms. The smallest absolute Gasteiger partial charge is 0.345 e. The highest BCUT2D eigenvalue weighted by atomic mass is 127. The van der Waals surface area contributed by atoms with E-state index < -0.39 is 16.0 Å². The molecule has 5 nitrogen and oxygen atoms in total. The van der Waals surface area contributed by atoms with Crippen molar-refractivity contribution in [3.05, 3.63) is 42.6 Å². The van der Waals surface area contributed by atoms with Crippen LogP contribution in [0, 0.1) is 3.57 Å². The van der Waals surface area contributed by atoms with Gasteiger partial charge in [-0.3, -0.25) is 4.72 Å². The Labute approximate surface area is 141 Å². The van der Waals surface area contributed by atoms with E-state index in [0.29, 0.717) is 5.69 Å². The first kappa shape index (κ1) is 15.7. The maximum Gasteiger partial charge on any atom is 0.345 e. The second kappa shape index (κ2) is 6.00. The summed E-state index contributed by atoms with van der Waals surface area (Å²) in [6.45, 7) is 0. The molecule has 9 heteroatoms. The number of anilines is 1. The SMILES string of the molecule is O=C(O)c1cc(S(=O)(=O)Nc2cccc(I)c2)c(Br)s1. The van der Waals surface area contributed by atoms with E-state index in [2.05, 4.69) is 43.2 Å². The van der Waals surface area contributed by atoms with Gasteiger partial charge in [-0.15, -0.1) is 11.3 Å². The second-order valence-electron chi connectivity index (χ2n) is 3.67. The van der Waals surface area contributed by atoms with Gasteiger partial charge in [0.15, 0.2) is 0 Å². The van der Waals surface area contributed by atoms with E-state index in [1.54, 1.807) is 18.2 Å². The molecule has 106 valence electrons. The zero-order valence-corrected chi connectivity index (χ0v) is 15.0. The fraction of sp³-hybridized carbons (Fsp3) is 0. The van der Waals surface area contributed by atoms with Crippen LogP contribution in [0.5, 0.6) is 0 Å². The van der Waals surface area contributed by atoms with Crippen LogP contribution < -0.4 is 4.72 Å². The Kier molecular flexibility index (Phi) is 4.72. The van der Waals surface area contributed by atoms with Gasteiger partial charge in [0.2, 0.25) is 0 Å². The van der Waals surface area contributed by atoms with Crippen LogP contribution >= 0.6 is 49.9 Å². The Hall–Kier alpha value is -0.650. The van der Waals surface area contributed by atoms with E-state index in [4.69, 9.17) is 5.11 Å². The third-order valence-corrected chi connectivity index (χ3v) is 6.52. The van der Waals surface area contributed by atoms with E-state index in [1.165, 1.54) is 0 Å². The number of aromatic carboxylic acids is 1. The zero-order valence-electron chi connectivity index (χ0n) is 9.63. The molecule has 0 amide bonds. The molecule has 1 aromatic heterocycles. The number of carbonyl (C=O) groups is 1. The number of rotatable bonds is 4. The molecular weight excluding hydrogens is 481 g/mol. The first-order valence-corrected chi connectivity index (χ1v) is 9.28. The highest BCUT2D eigenvalue weighted by Crippen LogP contribution is 2.32.